The summed E-state index contributed by atoms with van der Waals surface area (Å²) in [6.07, 6.45) is -1.99. The lowest BCUT2D eigenvalue weighted by Gasteiger charge is -2.43. The van der Waals surface area contributed by atoms with Crippen LogP contribution in [0.15, 0.2) is 54.6 Å². The summed E-state index contributed by atoms with van der Waals surface area (Å²) in [5.74, 6) is 0.154. The number of hydrogen-bond donors (Lipinski definition) is 1. The number of likely N-dealkylation sites (tertiary alicyclic amines) is 1. The van der Waals surface area contributed by atoms with Gasteiger partial charge in [-0.15, -0.1) is 0 Å². The molecule has 1 saturated carbocycles. The maximum atomic E-state index is 13.4. The van der Waals surface area contributed by atoms with E-state index in [2.05, 4.69) is 24.0 Å². The van der Waals surface area contributed by atoms with Gasteiger partial charge in [-0.25, -0.2) is 0 Å². The van der Waals surface area contributed by atoms with Gasteiger partial charge in [0.1, 0.15) is 0 Å². The van der Waals surface area contributed by atoms with E-state index < -0.39 is 11.8 Å². The second-order valence-corrected chi connectivity index (χ2v) is 9.64. The summed E-state index contributed by atoms with van der Waals surface area (Å²) in [6.45, 7) is 5.58. The van der Waals surface area contributed by atoms with Crippen LogP contribution in [0.25, 0.3) is 0 Å². The Morgan fingerprint density at radius 2 is 1.70 bits per heavy atom. The lowest BCUT2D eigenvalue weighted by molar-refractivity contribution is -0.258. The summed E-state index contributed by atoms with van der Waals surface area (Å²) < 4.78 is 39.4. The minimum Gasteiger partial charge on any atom is -0.376 e. The third-order valence-corrected chi connectivity index (χ3v) is 6.97. The molecule has 4 nitrogen and oxygen atoms in total. The molecular formula is C26H31F3N2O2. The molecule has 7 heteroatoms. The number of carbonyl (C=O) groups is 1. The van der Waals surface area contributed by atoms with Gasteiger partial charge in [0.2, 0.25) is 0 Å². The van der Waals surface area contributed by atoms with Crippen LogP contribution < -0.4 is 0 Å². The van der Waals surface area contributed by atoms with E-state index in [0.717, 1.165) is 45.8 Å². The van der Waals surface area contributed by atoms with Gasteiger partial charge in [0.15, 0.2) is 5.60 Å². The minimum atomic E-state index is -4.79. The van der Waals surface area contributed by atoms with Crippen LogP contribution in [0.2, 0.25) is 0 Å². The number of piperidine rings is 1. The molecule has 0 aromatic heterocycles. The molecule has 1 saturated heterocycles. The van der Waals surface area contributed by atoms with Crippen LogP contribution in [-0.4, -0.2) is 52.2 Å². The maximum Gasteiger partial charge on any atom is 0.421 e. The number of carbonyl (C=O) groups excluding carboxylic acids is 1. The number of alkyl halides is 3. The smallest absolute Gasteiger partial charge is 0.376 e. The fourth-order valence-corrected chi connectivity index (χ4v) is 4.81. The predicted molar refractivity (Wildman–Crippen MR) is 121 cm³/mol. The topological polar surface area (TPSA) is 43.8 Å². The van der Waals surface area contributed by atoms with Crippen LogP contribution in [0.1, 0.15) is 54.6 Å². The first-order chi connectivity index (χ1) is 15.6. The second kappa shape index (κ2) is 9.11. The van der Waals surface area contributed by atoms with Gasteiger partial charge in [-0.2, -0.15) is 13.2 Å². The van der Waals surface area contributed by atoms with E-state index in [1.54, 1.807) is 0 Å². The molecule has 4 rings (SSSR count). The summed E-state index contributed by atoms with van der Waals surface area (Å²) in [4.78, 5) is 17.8. The third-order valence-electron chi connectivity index (χ3n) is 6.97. The number of rotatable bonds is 6. The van der Waals surface area contributed by atoms with Crippen molar-refractivity contribution in [3.63, 3.8) is 0 Å². The molecule has 1 aliphatic carbocycles. The van der Waals surface area contributed by atoms with E-state index in [0.29, 0.717) is 5.56 Å². The standard InChI is InChI=1S/C26H31F3N2O2/c1-18-16-30(17-19-6-4-3-5-7-19)15-14-23(18)31(22-12-13-22)24(32)20-8-10-21(11-9-20)25(2,33)26(27,28)29/h3-11,18,22-23,33H,12-17H2,1-2H3/t18-,23-,25?/m0/s1. The Labute approximate surface area is 193 Å². The summed E-state index contributed by atoms with van der Waals surface area (Å²) in [7, 11) is 0. The Balaban J connectivity index is 1.46. The molecule has 0 bridgehead atoms. The zero-order valence-corrected chi connectivity index (χ0v) is 19.1. The highest BCUT2D eigenvalue weighted by molar-refractivity contribution is 5.95. The molecule has 2 aliphatic rings. The van der Waals surface area contributed by atoms with Gasteiger partial charge >= 0.3 is 6.18 Å². The van der Waals surface area contributed by atoms with Crippen LogP contribution in [0.5, 0.6) is 0 Å². The van der Waals surface area contributed by atoms with Crippen LogP contribution in [-0.2, 0) is 12.1 Å². The molecule has 2 fully saturated rings. The second-order valence-electron chi connectivity index (χ2n) is 9.64. The minimum absolute atomic E-state index is 0.106. The van der Waals surface area contributed by atoms with Crippen molar-refractivity contribution in [1.29, 1.82) is 0 Å². The van der Waals surface area contributed by atoms with Gasteiger partial charge in [0.25, 0.3) is 5.91 Å². The number of benzene rings is 2. The van der Waals surface area contributed by atoms with Crippen molar-refractivity contribution >= 4 is 5.91 Å². The SMILES string of the molecule is C[C@H]1CN(Cc2ccccc2)CC[C@@H]1N(C(=O)c1ccc(C(C)(O)C(F)(F)F)cc1)C1CC1. The van der Waals surface area contributed by atoms with Gasteiger partial charge in [-0.1, -0.05) is 49.4 Å². The zero-order valence-electron chi connectivity index (χ0n) is 19.1. The highest BCUT2D eigenvalue weighted by atomic mass is 19.4. The van der Waals surface area contributed by atoms with Crippen molar-refractivity contribution < 1.29 is 23.1 Å². The number of hydrogen-bond acceptors (Lipinski definition) is 3. The Hall–Kier alpha value is -2.38. The zero-order chi connectivity index (χ0) is 23.8. The molecule has 1 amide bonds. The van der Waals surface area contributed by atoms with Crippen molar-refractivity contribution in [2.24, 2.45) is 5.92 Å². The van der Waals surface area contributed by atoms with Gasteiger partial charge in [0, 0.05) is 37.3 Å². The molecular weight excluding hydrogens is 429 g/mol. The van der Waals surface area contributed by atoms with Gasteiger partial charge in [-0.3, -0.25) is 9.69 Å². The van der Waals surface area contributed by atoms with Crippen LogP contribution in [0.3, 0.4) is 0 Å². The van der Waals surface area contributed by atoms with E-state index in [9.17, 15) is 23.1 Å². The van der Waals surface area contributed by atoms with Crippen molar-refractivity contribution in [2.45, 2.75) is 63.5 Å². The lowest BCUT2D eigenvalue weighted by Crippen LogP contribution is -2.52. The van der Waals surface area contributed by atoms with E-state index in [1.165, 1.54) is 29.8 Å². The van der Waals surface area contributed by atoms with E-state index in [-0.39, 0.29) is 29.5 Å². The highest BCUT2D eigenvalue weighted by Gasteiger charge is 2.51. The Morgan fingerprint density at radius 3 is 2.24 bits per heavy atom. The molecule has 1 N–H and O–H groups in total. The quantitative estimate of drug-likeness (QED) is 0.662. The van der Waals surface area contributed by atoms with Crippen LogP contribution in [0.4, 0.5) is 13.2 Å². The van der Waals surface area contributed by atoms with Gasteiger partial charge in [-0.05, 0) is 55.4 Å². The molecule has 3 atom stereocenters. The molecule has 0 spiro atoms. The molecule has 1 aliphatic heterocycles. The first-order valence-corrected chi connectivity index (χ1v) is 11.6. The van der Waals surface area contributed by atoms with Gasteiger partial charge in [0.05, 0.1) is 0 Å². The molecule has 33 heavy (non-hydrogen) atoms. The summed E-state index contributed by atoms with van der Waals surface area (Å²) in [6, 6.07) is 15.9. The predicted octanol–water partition coefficient (Wildman–Crippen LogP) is 4.97. The van der Waals surface area contributed by atoms with Crippen molar-refractivity contribution in [1.82, 2.24) is 9.80 Å². The largest absolute Gasteiger partial charge is 0.421 e. The molecule has 2 aromatic carbocycles. The Morgan fingerprint density at radius 1 is 1.06 bits per heavy atom. The Kier molecular flexibility index (Phi) is 6.56. The fourth-order valence-electron chi connectivity index (χ4n) is 4.81. The molecule has 178 valence electrons. The number of aliphatic hydroxyl groups is 1. The number of nitrogens with zero attached hydrogens (tertiary/aromatic N) is 2. The summed E-state index contributed by atoms with van der Waals surface area (Å²) in [5, 5.41) is 9.90. The summed E-state index contributed by atoms with van der Waals surface area (Å²) in [5.41, 5.74) is -1.59. The first-order valence-electron chi connectivity index (χ1n) is 11.6. The molecule has 1 unspecified atom stereocenters. The monoisotopic (exact) mass is 460 g/mol. The van der Waals surface area contributed by atoms with E-state index in [1.807, 2.05) is 23.1 Å². The lowest BCUT2D eigenvalue weighted by atomic mass is 9.90. The number of halogens is 3. The first kappa shape index (κ1) is 23.8. The van der Waals surface area contributed by atoms with Crippen molar-refractivity contribution in [3.8, 4) is 0 Å². The molecule has 1 heterocycles. The normalized spacial score (nSPS) is 23.7. The molecule has 0 radical (unpaired) electrons. The van der Waals surface area contributed by atoms with Gasteiger partial charge < -0.3 is 10.0 Å². The van der Waals surface area contributed by atoms with E-state index in [4.69, 9.17) is 0 Å². The highest BCUT2D eigenvalue weighted by Crippen LogP contribution is 2.39. The van der Waals surface area contributed by atoms with Crippen molar-refractivity contribution in [2.75, 3.05) is 13.1 Å². The fraction of sp³-hybridized carbons (Fsp3) is 0.500. The average molecular weight is 461 g/mol. The van der Waals surface area contributed by atoms with Crippen molar-refractivity contribution in [3.05, 3.63) is 71.3 Å². The van der Waals surface area contributed by atoms with E-state index >= 15 is 0 Å². The molecule has 2 aromatic rings. The number of amides is 1. The third kappa shape index (κ3) is 5.09. The maximum absolute atomic E-state index is 13.4. The van der Waals surface area contributed by atoms with Crippen LogP contribution in [0, 0.1) is 5.92 Å². The average Bonchev–Trinajstić information content (AvgIpc) is 3.60. The summed E-state index contributed by atoms with van der Waals surface area (Å²) >= 11 is 0. The Bertz CT molecular complexity index is 956. The van der Waals surface area contributed by atoms with Crippen LogP contribution >= 0.6 is 0 Å².